The molecule has 0 unspecified atom stereocenters. The molecule has 0 fully saturated rings. The maximum Gasteiger partial charge on any atom is 0.133 e. The fourth-order valence-electron chi connectivity index (χ4n) is 2.42. The average molecular weight is 368 g/mol. The smallest absolute Gasteiger partial charge is 0.133 e. The van der Waals surface area contributed by atoms with E-state index >= 15 is 0 Å². The Hall–Kier alpha value is -1.19. The molecule has 0 amide bonds. The molecule has 2 aromatic rings. The van der Waals surface area contributed by atoms with Crippen molar-refractivity contribution in [1.82, 2.24) is 0 Å². The van der Waals surface area contributed by atoms with Gasteiger partial charge in [0.15, 0.2) is 0 Å². The molecule has 0 bridgehead atoms. The second-order valence-corrected chi connectivity index (χ2v) is 6.16. The van der Waals surface area contributed by atoms with E-state index in [1.807, 2.05) is 18.2 Å². The van der Waals surface area contributed by atoms with Gasteiger partial charge in [-0.25, -0.2) is 0 Å². The summed E-state index contributed by atoms with van der Waals surface area (Å²) in [6.45, 7) is 1.45. The van der Waals surface area contributed by atoms with Crippen LogP contribution in [0.2, 0.25) is 0 Å². The molecule has 3 rings (SSSR count). The van der Waals surface area contributed by atoms with Crippen molar-refractivity contribution in [2.24, 2.45) is 0 Å². The molecule has 0 aromatic heterocycles. The highest BCUT2D eigenvalue weighted by Crippen LogP contribution is 2.28. The van der Waals surface area contributed by atoms with Crippen molar-refractivity contribution in [2.75, 3.05) is 13.2 Å². The van der Waals surface area contributed by atoms with Crippen LogP contribution in [0, 0.1) is 0 Å². The molecule has 0 aliphatic carbocycles. The Kier molecular flexibility index (Phi) is 4.71. The monoisotopic (exact) mass is 366 g/mol. The lowest BCUT2D eigenvalue weighted by molar-refractivity contribution is 0.320. The van der Waals surface area contributed by atoms with E-state index in [0.717, 1.165) is 41.0 Å². The molecule has 0 radical (unpaired) electrons. The summed E-state index contributed by atoms with van der Waals surface area (Å²) >= 11 is 9.32. The molecule has 1 aliphatic rings. The minimum atomic E-state index is 0.510. The standard InChI is InChI=1S/C17H16BrClO2/c18-15-10-13(11-19)2-4-17(15)21-7-5-12-1-3-16-14(9-12)6-8-20-16/h1-4,9-10H,5-8,11H2. The van der Waals surface area contributed by atoms with Crippen molar-refractivity contribution in [3.8, 4) is 11.5 Å². The third kappa shape index (κ3) is 3.53. The maximum atomic E-state index is 5.84. The molecule has 0 atom stereocenters. The Bertz CT molecular complexity index is 643. The van der Waals surface area contributed by atoms with Gasteiger partial charge in [-0.15, -0.1) is 11.6 Å². The van der Waals surface area contributed by atoms with Crippen LogP contribution in [0.15, 0.2) is 40.9 Å². The molecule has 21 heavy (non-hydrogen) atoms. The van der Waals surface area contributed by atoms with E-state index in [1.165, 1.54) is 11.1 Å². The Labute approximate surface area is 138 Å². The molecular formula is C17H16BrClO2. The summed E-state index contributed by atoms with van der Waals surface area (Å²) in [6.07, 6.45) is 1.90. The molecule has 4 heteroatoms. The Morgan fingerprint density at radius 3 is 2.81 bits per heavy atom. The van der Waals surface area contributed by atoms with Crippen LogP contribution in [0.25, 0.3) is 0 Å². The van der Waals surface area contributed by atoms with Crippen LogP contribution in [0.5, 0.6) is 11.5 Å². The van der Waals surface area contributed by atoms with Gasteiger partial charge in [0.2, 0.25) is 0 Å². The zero-order chi connectivity index (χ0) is 14.7. The van der Waals surface area contributed by atoms with Crippen molar-refractivity contribution in [1.29, 1.82) is 0 Å². The van der Waals surface area contributed by atoms with Gasteiger partial charge in [-0.3, -0.25) is 0 Å². The summed E-state index contributed by atoms with van der Waals surface area (Å²) in [4.78, 5) is 0. The molecule has 2 nitrogen and oxygen atoms in total. The molecule has 0 N–H and O–H groups in total. The molecule has 0 saturated carbocycles. The van der Waals surface area contributed by atoms with Gasteiger partial charge in [-0.2, -0.15) is 0 Å². The quantitative estimate of drug-likeness (QED) is 0.710. The molecule has 110 valence electrons. The third-order valence-corrected chi connectivity index (χ3v) is 4.48. The number of ether oxygens (including phenoxy) is 2. The number of hydrogen-bond donors (Lipinski definition) is 0. The molecule has 1 aliphatic heterocycles. The topological polar surface area (TPSA) is 18.5 Å². The summed E-state index contributed by atoms with van der Waals surface area (Å²) < 4.78 is 12.3. The average Bonchev–Trinajstić information content (AvgIpc) is 2.96. The maximum absolute atomic E-state index is 5.84. The van der Waals surface area contributed by atoms with E-state index in [-0.39, 0.29) is 0 Å². The minimum Gasteiger partial charge on any atom is -0.493 e. The number of rotatable bonds is 5. The first kappa shape index (κ1) is 14.7. The fraction of sp³-hybridized carbons (Fsp3) is 0.294. The van der Waals surface area contributed by atoms with E-state index in [4.69, 9.17) is 21.1 Å². The van der Waals surface area contributed by atoms with E-state index in [2.05, 4.69) is 34.1 Å². The van der Waals surface area contributed by atoms with Crippen molar-refractivity contribution in [2.45, 2.75) is 18.7 Å². The van der Waals surface area contributed by atoms with Crippen molar-refractivity contribution in [3.63, 3.8) is 0 Å². The highest BCUT2D eigenvalue weighted by Gasteiger charge is 2.12. The van der Waals surface area contributed by atoms with E-state index in [1.54, 1.807) is 0 Å². The molecular weight excluding hydrogens is 352 g/mol. The molecule has 0 saturated heterocycles. The minimum absolute atomic E-state index is 0.510. The van der Waals surface area contributed by atoms with Crippen LogP contribution in [-0.4, -0.2) is 13.2 Å². The Morgan fingerprint density at radius 2 is 2.00 bits per heavy atom. The van der Waals surface area contributed by atoms with Crippen LogP contribution < -0.4 is 9.47 Å². The predicted molar refractivity (Wildman–Crippen MR) is 88.5 cm³/mol. The zero-order valence-corrected chi connectivity index (χ0v) is 13.9. The fourth-order valence-corrected chi connectivity index (χ4v) is 3.13. The summed E-state index contributed by atoms with van der Waals surface area (Å²) in [5.74, 6) is 2.39. The van der Waals surface area contributed by atoms with Gasteiger partial charge in [0.1, 0.15) is 11.5 Å². The van der Waals surface area contributed by atoms with Gasteiger partial charge in [0, 0.05) is 18.7 Å². The first-order valence-corrected chi connectivity index (χ1v) is 8.31. The zero-order valence-electron chi connectivity index (χ0n) is 11.6. The summed E-state index contributed by atoms with van der Waals surface area (Å²) in [5, 5.41) is 0. The first-order valence-electron chi connectivity index (χ1n) is 6.98. The summed E-state index contributed by atoms with van der Waals surface area (Å²) in [6, 6.07) is 12.3. The molecule has 2 aromatic carbocycles. The van der Waals surface area contributed by atoms with Crippen LogP contribution >= 0.6 is 27.5 Å². The predicted octanol–water partition coefficient (Wildman–Crippen LogP) is 4.74. The summed E-state index contributed by atoms with van der Waals surface area (Å²) in [7, 11) is 0. The second-order valence-electron chi connectivity index (χ2n) is 5.04. The molecule has 0 spiro atoms. The van der Waals surface area contributed by atoms with Crippen molar-refractivity contribution < 1.29 is 9.47 Å². The van der Waals surface area contributed by atoms with Gasteiger partial charge in [-0.05, 0) is 50.8 Å². The Balaban J connectivity index is 1.58. The summed E-state index contributed by atoms with van der Waals surface area (Å²) in [5.41, 5.74) is 3.67. The number of alkyl halides is 1. The van der Waals surface area contributed by atoms with Crippen LogP contribution in [0.1, 0.15) is 16.7 Å². The van der Waals surface area contributed by atoms with Gasteiger partial charge in [-0.1, -0.05) is 18.2 Å². The number of halogens is 2. The van der Waals surface area contributed by atoms with Gasteiger partial charge in [0.25, 0.3) is 0 Å². The SMILES string of the molecule is ClCc1ccc(OCCc2ccc3c(c2)CCO3)c(Br)c1. The van der Waals surface area contributed by atoms with Gasteiger partial charge >= 0.3 is 0 Å². The van der Waals surface area contributed by atoms with E-state index in [9.17, 15) is 0 Å². The number of fused-ring (bicyclic) bond motifs is 1. The highest BCUT2D eigenvalue weighted by atomic mass is 79.9. The molecule has 1 heterocycles. The Morgan fingerprint density at radius 1 is 1.14 bits per heavy atom. The van der Waals surface area contributed by atoms with Crippen LogP contribution in [0.4, 0.5) is 0 Å². The third-order valence-electron chi connectivity index (χ3n) is 3.55. The first-order chi connectivity index (χ1) is 10.3. The van der Waals surface area contributed by atoms with Crippen molar-refractivity contribution >= 4 is 27.5 Å². The normalized spacial score (nSPS) is 12.9. The van der Waals surface area contributed by atoms with E-state index < -0.39 is 0 Å². The largest absolute Gasteiger partial charge is 0.493 e. The lowest BCUT2D eigenvalue weighted by Crippen LogP contribution is -2.02. The lowest BCUT2D eigenvalue weighted by Gasteiger charge is -2.10. The van der Waals surface area contributed by atoms with Gasteiger partial charge in [0.05, 0.1) is 17.7 Å². The van der Waals surface area contributed by atoms with E-state index in [0.29, 0.717) is 12.5 Å². The number of benzene rings is 2. The highest BCUT2D eigenvalue weighted by molar-refractivity contribution is 9.10. The second kappa shape index (κ2) is 6.71. The number of hydrogen-bond acceptors (Lipinski definition) is 2. The van der Waals surface area contributed by atoms with Crippen LogP contribution in [0.3, 0.4) is 0 Å². The van der Waals surface area contributed by atoms with Gasteiger partial charge < -0.3 is 9.47 Å². The van der Waals surface area contributed by atoms with Crippen molar-refractivity contribution in [3.05, 3.63) is 57.6 Å². The van der Waals surface area contributed by atoms with Crippen LogP contribution in [-0.2, 0) is 18.7 Å². The lowest BCUT2D eigenvalue weighted by atomic mass is 10.1.